The minimum atomic E-state index is -0.777. The summed E-state index contributed by atoms with van der Waals surface area (Å²) in [6.07, 6.45) is 2.84. The zero-order chi connectivity index (χ0) is 14.7. The summed E-state index contributed by atoms with van der Waals surface area (Å²) in [7, 11) is 0. The molecule has 4 nitrogen and oxygen atoms in total. The number of hydrogen-bond acceptors (Lipinski definition) is 2. The van der Waals surface area contributed by atoms with Crippen molar-refractivity contribution in [2.24, 2.45) is 5.92 Å². The Labute approximate surface area is 136 Å². The standard InChI is InChI=1S/C14H15ClINO3/c15-9-4-5-12(16)11(7-9)13(18)17-10-3-1-2-8(6-10)14(19)20/h4-5,7-8,10H,1-3,6H2,(H,17,18)(H,19,20). The lowest BCUT2D eigenvalue weighted by molar-refractivity contribution is -0.143. The molecule has 2 unspecified atom stereocenters. The van der Waals surface area contributed by atoms with Gasteiger partial charge in [0.05, 0.1) is 11.5 Å². The highest BCUT2D eigenvalue weighted by molar-refractivity contribution is 14.1. The third-order valence-electron chi connectivity index (χ3n) is 3.53. The Hall–Kier alpha value is -0.820. The third-order valence-corrected chi connectivity index (χ3v) is 4.71. The Kier molecular flexibility index (Phi) is 5.26. The van der Waals surface area contributed by atoms with E-state index in [9.17, 15) is 9.59 Å². The van der Waals surface area contributed by atoms with Crippen molar-refractivity contribution >= 4 is 46.1 Å². The molecule has 1 aromatic carbocycles. The summed E-state index contributed by atoms with van der Waals surface area (Å²) in [5, 5.41) is 12.5. The average Bonchev–Trinajstić information content (AvgIpc) is 2.41. The Morgan fingerprint density at radius 1 is 1.35 bits per heavy atom. The molecule has 1 aliphatic carbocycles. The van der Waals surface area contributed by atoms with Crippen LogP contribution in [0.3, 0.4) is 0 Å². The maximum atomic E-state index is 12.2. The predicted octanol–water partition coefficient (Wildman–Crippen LogP) is 3.32. The molecule has 2 atom stereocenters. The monoisotopic (exact) mass is 407 g/mol. The lowest BCUT2D eigenvalue weighted by atomic mass is 9.85. The van der Waals surface area contributed by atoms with Gasteiger partial charge in [-0.1, -0.05) is 18.0 Å². The lowest BCUT2D eigenvalue weighted by Gasteiger charge is -2.27. The molecule has 6 heteroatoms. The van der Waals surface area contributed by atoms with E-state index >= 15 is 0 Å². The van der Waals surface area contributed by atoms with E-state index in [1.165, 1.54) is 0 Å². The maximum absolute atomic E-state index is 12.2. The molecule has 0 heterocycles. The van der Waals surface area contributed by atoms with Crippen LogP contribution in [0, 0.1) is 9.49 Å². The van der Waals surface area contributed by atoms with E-state index in [2.05, 4.69) is 27.9 Å². The predicted molar refractivity (Wildman–Crippen MR) is 85.0 cm³/mol. The van der Waals surface area contributed by atoms with Crippen LogP contribution in [0.25, 0.3) is 0 Å². The highest BCUT2D eigenvalue weighted by Gasteiger charge is 2.28. The lowest BCUT2D eigenvalue weighted by Crippen LogP contribution is -2.40. The Morgan fingerprint density at radius 2 is 2.10 bits per heavy atom. The zero-order valence-electron chi connectivity index (χ0n) is 10.7. The van der Waals surface area contributed by atoms with Gasteiger partial charge in [-0.2, -0.15) is 0 Å². The van der Waals surface area contributed by atoms with Crippen molar-refractivity contribution in [2.75, 3.05) is 0 Å². The van der Waals surface area contributed by atoms with Gasteiger partial charge in [0.1, 0.15) is 0 Å². The molecule has 2 N–H and O–H groups in total. The molecular weight excluding hydrogens is 393 g/mol. The number of rotatable bonds is 3. The van der Waals surface area contributed by atoms with E-state index in [-0.39, 0.29) is 17.9 Å². The van der Waals surface area contributed by atoms with Crippen LogP contribution in [0.15, 0.2) is 18.2 Å². The van der Waals surface area contributed by atoms with Crippen LogP contribution in [-0.4, -0.2) is 23.0 Å². The summed E-state index contributed by atoms with van der Waals surface area (Å²) >= 11 is 7.99. The summed E-state index contributed by atoms with van der Waals surface area (Å²) in [5.74, 6) is -1.32. The molecule has 1 aromatic rings. The van der Waals surface area contributed by atoms with Crippen LogP contribution in [0.2, 0.25) is 5.02 Å². The molecule has 2 rings (SSSR count). The first-order valence-corrected chi connectivity index (χ1v) is 7.91. The van der Waals surface area contributed by atoms with Gasteiger partial charge in [-0.15, -0.1) is 0 Å². The maximum Gasteiger partial charge on any atom is 0.306 e. The second kappa shape index (κ2) is 6.76. The summed E-state index contributed by atoms with van der Waals surface area (Å²) in [4.78, 5) is 23.3. The van der Waals surface area contributed by atoms with Gasteiger partial charge < -0.3 is 10.4 Å². The molecule has 0 saturated heterocycles. The van der Waals surface area contributed by atoms with Crippen LogP contribution in [0.5, 0.6) is 0 Å². The van der Waals surface area contributed by atoms with Crippen molar-refractivity contribution in [3.05, 3.63) is 32.4 Å². The number of hydrogen-bond donors (Lipinski definition) is 2. The number of amides is 1. The van der Waals surface area contributed by atoms with Gasteiger partial charge in [0, 0.05) is 14.6 Å². The van der Waals surface area contributed by atoms with Crippen LogP contribution >= 0.6 is 34.2 Å². The first-order valence-electron chi connectivity index (χ1n) is 6.46. The number of aliphatic carboxylic acids is 1. The molecule has 0 radical (unpaired) electrons. The Morgan fingerprint density at radius 3 is 2.80 bits per heavy atom. The molecule has 0 bridgehead atoms. The quantitative estimate of drug-likeness (QED) is 0.756. The zero-order valence-corrected chi connectivity index (χ0v) is 13.6. The number of carboxylic acids is 1. The second-order valence-electron chi connectivity index (χ2n) is 5.00. The molecular formula is C14H15ClINO3. The first-order chi connectivity index (χ1) is 9.47. The molecule has 0 aromatic heterocycles. The number of nitrogens with one attached hydrogen (secondary N) is 1. The molecule has 108 valence electrons. The number of carbonyl (C=O) groups is 2. The number of carboxylic acid groups (broad SMARTS) is 1. The van der Waals surface area contributed by atoms with Gasteiger partial charge >= 0.3 is 5.97 Å². The first kappa shape index (κ1) is 15.6. The fraction of sp³-hybridized carbons (Fsp3) is 0.429. The largest absolute Gasteiger partial charge is 0.481 e. The fourth-order valence-electron chi connectivity index (χ4n) is 2.48. The molecule has 0 aliphatic heterocycles. The number of carbonyl (C=O) groups excluding carboxylic acids is 1. The fourth-order valence-corrected chi connectivity index (χ4v) is 3.23. The minimum Gasteiger partial charge on any atom is -0.481 e. The number of benzene rings is 1. The third kappa shape index (κ3) is 3.85. The normalized spacial score (nSPS) is 22.3. The van der Waals surface area contributed by atoms with Crippen LogP contribution < -0.4 is 5.32 Å². The Balaban J connectivity index is 2.04. The molecule has 1 saturated carbocycles. The van der Waals surface area contributed by atoms with Crippen molar-refractivity contribution < 1.29 is 14.7 Å². The van der Waals surface area contributed by atoms with E-state index in [1.807, 2.05) is 0 Å². The molecule has 1 aliphatic rings. The highest BCUT2D eigenvalue weighted by atomic mass is 127. The molecule has 20 heavy (non-hydrogen) atoms. The molecule has 1 fully saturated rings. The minimum absolute atomic E-state index is 0.0767. The summed E-state index contributed by atoms with van der Waals surface area (Å²) in [5.41, 5.74) is 0.538. The molecule has 0 spiro atoms. The summed E-state index contributed by atoms with van der Waals surface area (Å²) in [6.45, 7) is 0. The topological polar surface area (TPSA) is 66.4 Å². The van der Waals surface area contributed by atoms with Gasteiger partial charge in [-0.3, -0.25) is 9.59 Å². The van der Waals surface area contributed by atoms with E-state index in [0.29, 0.717) is 23.4 Å². The smallest absolute Gasteiger partial charge is 0.306 e. The van der Waals surface area contributed by atoms with Crippen LogP contribution in [0.1, 0.15) is 36.0 Å². The van der Waals surface area contributed by atoms with Crippen LogP contribution in [-0.2, 0) is 4.79 Å². The summed E-state index contributed by atoms with van der Waals surface area (Å²) < 4.78 is 0.829. The van der Waals surface area contributed by atoms with Crippen molar-refractivity contribution in [3.63, 3.8) is 0 Å². The van der Waals surface area contributed by atoms with Crippen molar-refractivity contribution in [2.45, 2.75) is 31.7 Å². The van der Waals surface area contributed by atoms with Gasteiger partial charge in [-0.25, -0.2) is 0 Å². The van der Waals surface area contributed by atoms with Gasteiger partial charge in [0.25, 0.3) is 5.91 Å². The summed E-state index contributed by atoms with van der Waals surface area (Å²) in [6, 6.07) is 5.09. The van der Waals surface area contributed by atoms with E-state index in [4.69, 9.17) is 16.7 Å². The van der Waals surface area contributed by atoms with E-state index in [0.717, 1.165) is 16.4 Å². The van der Waals surface area contributed by atoms with Gasteiger partial charge in [0.2, 0.25) is 0 Å². The second-order valence-corrected chi connectivity index (χ2v) is 6.59. The van der Waals surface area contributed by atoms with Crippen LogP contribution in [0.4, 0.5) is 0 Å². The number of halogens is 2. The van der Waals surface area contributed by atoms with Gasteiger partial charge in [0.15, 0.2) is 0 Å². The van der Waals surface area contributed by atoms with Gasteiger partial charge in [-0.05, 0) is 60.1 Å². The molecule has 1 amide bonds. The van der Waals surface area contributed by atoms with Crippen molar-refractivity contribution in [3.8, 4) is 0 Å². The van der Waals surface area contributed by atoms with Crippen molar-refractivity contribution in [1.29, 1.82) is 0 Å². The Bertz CT molecular complexity index is 535. The average molecular weight is 408 g/mol. The highest BCUT2D eigenvalue weighted by Crippen LogP contribution is 2.25. The SMILES string of the molecule is O=C(NC1CCCC(C(=O)O)C1)c1cc(Cl)ccc1I. The van der Waals surface area contributed by atoms with Crippen molar-refractivity contribution in [1.82, 2.24) is 5.32 Å². The van der Waals surface area contributed by atoms with E-state index < -0.39 is 5.97 Å². The van der Waals surface area contributed by atoms with E-state index in [1.54, 1.807) is 18.2 Å².